The maximum atomic E-state index is 12.3. The molecule has 2 rings (SSSR count). The number of benzene rings is 1. The van der Waals surface area contributed by atoms with E-state index in [2.05, 4.69) is 22.9 Å². The predicted octanol–water partition coefficient (Wildman–Crippen LogP) is 3.42. The van der Waals surface area contributed by atoms with E-state index in [1.165, 1.54) is 6.42 Å². The molecule has 1 amide bonds. The summed E-state index contributed by atoms with van der Waals surface area (Å²) >= 11 is 3.28. The quantitative estimate of drug-likeness (QED) is 0.863. The molecule has 98 valence electrons. The van der Waals surface area contributed by atoms with Gasteiger partial charge in [0.2, 0.25) is 0 Å². The molecule has 1 N–H and O–H groups in total. The number of nitrogens with zero attached hydrogens (tertiary/aromatic N) is 1. The highest BCUT2D eigenvalue weighted by Crippen LogP contribution is 2.25. The maximum absolute atomic E-state index is 12.3. The number of rotatable bonds is 1. The Hall–Kier alpha value is -1.03. The summed E-state index contributed by atoms with van der Waals surface area (Å²) in [5.41, 5.74) is 0.396. The topological polar surface area (TPSA) is 40.5 Å². The maximum Gasteiger partial charge on any atom is 0.257 e. The van der Waals surface area contributed by atoms with Gasteiger partial charge in [0.05, 0.1) is 5.56 Å². The zero-order valence-corrected chi connectivity index (χ0v) is 12.1. The zero-order chi connectivity index (χ0) is 13.1. The largest absolute Gasteiger partial charge is 0.507 e. The van der Waals surface area contributed by atoms with Gasteiger partial charge in [0.1, 0.15) is 5.75 Å². The summed E-state index contributed by atoms with van der Waals surface area (Å²) in [6.45, 7) is 3.80. The molecule has 1 aliphatic rings. The number of hydrogen-bond donors (Lipinski definition) is 1. The molecular weight excluding hydrogens is 294 g/mol. The minimum atomic E-state index is -0.0610. The first kappa shape index (κ1) is 13.4. The van der Waals surface area contributed by atoms with Crippen molar-refractivity contribution in [2.45, 2.75) is 26.2 Å². The van der Waals surface area contributed by atoms with Crippen LogP contribution in [0.5, 0.6) is 5.75 Å². The zero-order valence-electron chi connectivity index (χ0n) is 10.5. The van der Waals surface area contributed by atoms with Crippen LogP contribution in [0.4, 0.5) is 0 Å². The first-order chi connectivity index (χ1) is 8.58. The van der Waals surface area contributed by atoms with E-state index in [4.69, 9.17) is 0 Å². The van der Waals surface area contributed by atoms with E-state index >= 15 is 0 Å². The highest BCUT2D eigenvalue weighted by Gasteiger charge is 2.21. The van der Waals surface area contributed by atoms with Gasteiger partial charge < -0.3 is 10.0 Å². The summed E-state index contributed by atoms with van der Waals surface area (Å²) in [5, 5.41) is 9.84. The van der Waals surface area contributed by atoms with Crippen LogP contribution in [-0.4, -0.2) is 29.0 Å². The monoisotopic (exact) mass is 311 g/mol. The Labute approximate surface area is 116 Å². The summed E-state index contributed by atoms with van der Waals surface area (Å²) < 4.78 is 0.779. The fraction of sp³-hybridized carbons (Fsp3) is 0.500. The molecule has 1 fully saturated rings. The number of phenols is 1. The van der Waals surface area contributed by atoms with Gasteiger partial charge in [-0.3, -0.25) is 4.79 Å². The van der Waals surface area contributed by atoms with Gasteiger partial charge >= 0.3 is 0 Å². The van der Waals surface area contributed by atoms with Crippen molar-refractivity contribution in [2.75, 3.05) is 13.1 Å². The van der Waals surface area contributed by atoms with E-state index in [0.29, 0.717) is 11.5 Å². The molecule has 1 aliphatic heterocycles. The molecule has 1 saturated heterocycles. The van der Waals surface area contributed by atoms with Gasteiger partial charge in [-0.15, -0.1) is 0 Å². The van der Waals surface area contributed by atoms with Gasteiger partial charge in [0.25, 0.3) is 5.91 Å². The highest BCUT2D eigenvalue weighted by molar-refractivity contribution is 9.10. The molecular formula is C14H18BrNO2. The number of aromatic hydroxyl groups is 1. The Morgan fingerprint density at radius 1 is 1.39 bits per heavy atom. The van der Waals surface area contributed by atoms with Crippen molar-refractivity contribution in [2.24, 2.45) is 5.92 Å². The van der Waals surface area contributed by atoms with E-state index < -0.39 is 0 Å². The predicted molar refractivity (Wildman–Crippen MR) is 74.7 cm³/mol. The molecule has 4 heteroatoms. The average molecular weight is 312 g/mol. The molecule has 0 spiro atoms. The number of carbonyl (C=O) groups is 1. The van der Waals surface area contributed by atoms with Crippen LogP contribution < -0.4 is 0 Å². The number of phenolic OH excluding ortho intramolecular Hbond substituents is 1. The Bertz CT molecular complexity index is 447. The van der Waals surface area contributed by atoms with Crippen LogP contribution in [0.25, 0.3) is 0 Å². The second kappa shape index (κ2) is 5.74. The molecule has 1 aromatic rings. The van der Waals surface area contributed by atoms with Crippen molar-refractivity contribution in [1.29, 1.82) is 0 Å². The minimum absolute atomic E-state index is 0.0478. The SMILES string of the molecule is CC1CCCN(C(=O)c2ccc(Br)cc2O)CC1. The van der Waals surface area contributed by atoms with E-state index in [-0.39, 0.29) is 11.7 Å². The molecule has 0 saturated carbocycles. The Morgan fingerprint density at radius 3 is 2.89 bits per heavy atom. The summed E-state index contributed by atoms with van der Waals surface area (Å²) in [7, 11) is 0. The first-order valence-electron chi connectivity index (χ1n) is 6.35. The van der Waals surface area contributed by atoms with E-state index in [1.807, 2.05) is 4.90 Å². The smallest absolute Gasteiger partial charge is 0.257 e. The van der Waals surface area contributed by atoms with Gasteiger partial charge in [0.15, 0.2) is 0 Å². The number of amides is 1. The van der Waals surface area contributed by atoms with Gasteiger partial charge in [-0.1, -0.05) is 22.9 Å². The van der Waals surface area contributed by atoms with Crippen molar-refractivity contribution in [3.63, 3.8) is 0 Å². The van der Waals surface area contributed by atoms with Crippen LogP contribution in [0.1, 0.15) is 36.5 Å². The average Bonchev–Trinajstić information content (AvgIpc) is 2.53. The Balaban J connectivity index is 2.15. The third-order valence-corrected chi connectivity index (χ3v) is 3.99. The molecule has 1 unspecified atom stereocenters. The van der Waals surface area contributed by atoms with Crippen molar-refractivity contribution in [3.8, 4) is 5.75 Å². The van der Waals surface area contributed by atoms with Crippen LogP contribution in [-0.2, 0) is 0 Å². The number of likely N-dealkylation sites (tertiary alicyclic amines) is 1. The molecule has 18 heavy (non-hydrogen) atoms. The second-order valence-electron chi connectivity index (χ2n) is 4.99. The lowest BCUT2D eigenvalue weighted by Crippen LogP contribution is -2.32. The lowest BCUT2D eigenvalue weighted by Gasteiger charge is -2.21. The Morgan fingerprint density at radius 2 is 2.17 bits per heavy atom. The summed E-state index contributed by atoms with van der Waals surface area (Å²) in [4.78, 5) is 14.2. The number of carbonyl (C=O) groups excluding carboxylic acids is 1. The lowest BCUT2D eigenvalue weighted by molar-refractivity contribution is 0.0757. The van der Waals surface area contributed by atoms with Crippen molar-refractivity contribution < 1.29 is 9.90 Å². The number of halogens is 1. The van der Waals surface area contributed by atoms with Gasteiger partial charge in [0, 0.05) is 17.6 Å². The van der Waals surface area contributed by atoms with Gasteiger partial charge in [-0.05, 0) is 43.4 Å². The minimum Gasteiger partial charge on any atom is -0.507 e. The molecule has 0 aromatic heterocycles. The first-order valence-corrected chi connectivity index (χ1v) is 7.15. The number of hydrogen-bond acceptors (Lipinski definition) is 2. The van der Waals surface area contributed by atoms with Gasteiger partial charge in [-0.2, -0.15) is 0 Å². The van der Waals surface area contributed by atoms with Crippen molar-refractivity contribution >= 4 is 21.8 Å². The van der Waals surface area contributed by atoms with Crippen LogP contribution in [0, 0.1) is 5.92 Å². The molecule has 1 heterocycles. The van der Waals surface area contributed by atoms with Crippen LogP contribution in [0.3, 0.4) is 0 Å². The summed E-state index contributed by atoms with van der Waals surface area (Å²) in [6, 6.07) is 5.02. The highest BCUT2D eigenvalue weighted by atomic mass is 79.9. The lowest BCUT2D eigenvalue weighted by atomic mass is 10.0. The molecule has 0 aliphatic carbocycles. The standard InChI is InChI=1S/C14H18BrNO2/c1-10-3-2-7-16(8-6-10)14(18)12-5-4-11(15)9-13(12)17/h4-5,9-10,17H,2-3,6-8H2,1H3. The van der Waals surface area contributed by atoms with Crippen LogP contribution >= 0.6 is 15.9 Å². The molecule has 0 radical (unpaired) electrons. The van der Waals surface area contributed by atoms with Crippen LogP contribution in [0.2, 0.25) is 0 Å². The molecule has 3 nitrogen and oxygen atoms in total. The second-order valence-corrected chi connectivity index (χ2v) is 5.91. The fourth-order valence-corrected chi connectivity index (χ4v) is 2.67. The van der Waals surface area contributed by atoms with E-state index in [1.54, 1.807) is 18.2 Å². The molecule has 0 bridgehead atoms. The van der Waals surface area contributed by atoms with Crippen LogP contribution in [0.15, 0.2) is 22.7 Å². The summed E-state index contributed by atoms with van der Waals surface area (Å²) in [6.07, 6.45) is 3.27. The fourth-order valence-electron chi connectivity index (χ4n) is 2.32. The van der Waals surface area contributed by atoms with Crippen molar-refractivity contribution in [3.05, 3.63) is 28.2 Å². The van der Waals surface area contributed by atoms with E-state index in [0.717, 1.165) is 30.4 Å². The third-order valence-electron chi connectivity index (χ3n) is 3.49. The summed E-state index contributed by atoms with van der Waals surface area (Å²) in [5.74, 6) is 0.669. The molecule has 1 atom stereocenters. The van der Waals surface area contributed by atoms with Crippen molar-refractivity contribution in [1.82, 2.24) is 4.90 Å². The van der Waals surface area contributed by atoms with Gasteiger partial charge in [-0.25, -0.2) is 0 Å². The normalized spacial score (nSPS) is 20.6. The molecule has 1 aromatic carbocycles. The van der Waals surface area contributed by atoms with E-state index in [9.17, 15) is 9.90 Å². The Kier molecular flexibility index (Phi) is 4.27. The third kappa shape index (κ3) is 3.05.